The van der Waals surface area contributed by atoms with Gasteiger partial charge in [0.2, 0.25) is 0 Å². The van der Waals surface area contributed by atoms with E-state index in [0.29, 0.717) is 10.9 Å². The second kappa shape index (κ2) is 3.77. The van der Waals surface area contributed by atoms with E-state index < -0.39 is 9.05 Å². The van der Waals surface area contributed by atoms with Crippen LogP contribution in [0, 0.1) is 0 Å². The molecule has 1 aromatic carbocycles. The summed E-state index contributed by atoms with van der Waals surface area (Å²) in [6, 6.07) is 6.60. The lowest BCUT2D eigenvalue weighted by atomic mass is 10.2. The molecule has 2 nitrogen and oxygen atoms in total. The lowest BCUT2D eigenvalue weighted by molar-refractivity contribution is 0.609. The molecule has 0 spiro atoms. The molecule has 0 saturated carbocycles. The van der Waals surface area contributed by atoms with Gasteiger partial charge in [0.25, 0.3) is 9.05 Å². The van der Waals surface area contributed by atoms with Crippen LogP contribution in [0.4, 0.5) is 0 Å². The fourth-order valence-corrected chi connectivity index (χ4v) is 2.67. The summed E-state index contributed by atoms with van der Waals surface area (Å²) in [5.41, 5.74) is 0.674. The first-order chi connectivity index (χ1) is 5.55. The Bertz CT molecular complexity index is 375. The SMILES string of the molecule is O=S(=O)(Cl)c1ccccc1CBr. The largest absolute Gasteiger partial charge is 0.261 e. The van der Waals surface area contributed by atoms with Crippen LogP contribution in [0.15, 0.2) is 29.2 Å². The highest BCUT2D eigenvalue weighted by Gasteiger charge is 2.13. The molecule has 0 unspecified atom stereocenters. The first kappa shape index (κ1) is 10.0. The van der Waals surface area contributed by atoms with Gasteiger partial charge in [0.05, 0.1) is 4.90 Å². The summed E-state index contributed by atoms with van der Waals surface area (Å²) in [5, 5.41) is 0.481. The molecule has 12 heavy (non-hydrogen) atoms. The topological polar surface area (TPSA) is 34.1 Å². The van der Waals surface area contributed by atoms with Crippen molar-refractivity contribution in [1.29, 1.82) is 0 Å². The van der Waals surface area contributed by atoms with Crippen molar-refractivity contribution in [2.45, 2.75) is 10.2 Å². The van der Waals surface area contributed by atoms with Crippen LogP contribution in [-0.4, -0.2) is 8.42 Å². The monoisotopic (exact) mass is 268 g/mol. The minimum Gasteiger partial charge on any atom is -0.207 e. The summed E-state index contributed by atoms with van der Waals surface area (Å²) >= 11 is 3.18. The molecule has 0 heterocycles. The summed E-state index contributed by atoms with van der Waals surface area (Å²) in [7, 11) is 1.59. The first-order valence-corrected chi connectivity index (χ1v) is 6.57. The number of halogens is 2. The average Bonchev–Trinajstić information content (AvgIpc) is 2.03. The Hall–Kier alpha value is -0.0600. The molecule has 0 bridgehead atoms. The van der Waals surface area contributed by atoms with E-state index in [2.05, 4.69) is 15.9 Å². The molecule has 0 fully saturated rings. The first-order valence-electron chi connectivity index (χ1n) is 3.14. The average molecular weight is 270 g/mol. The van der Waals surface area contributed by atoms with Gasteiger partial charge >= 0.3 is 0 Å². The zero-order valence-electron chi connectivity index (χ0n) is 6.00. The highest BCUT2D eigenvalue weighted by Crippen LogP contribution is 2.21. The fraction of sp³-hybridized carbons (Fsp3) is 0.143. The third kappa shape index (κ3) is 2.21. The minimum atomic E-state index is -3.60. The highest BCUT2D eigenvalue weighted by molar-refractivity contribution is 9.08. The van der Waals surface area contributed by atoms with Crippen LogP contribution < -0.4 is 0 Å². The quantitative estimate of drug-likeness (QED) is 0.611. The van der Waals surface area contributed by atoms with Crippen molar-refractivity contribution >= 4 is 35.7 Å². The van der Waals surface area contributed by atoms with Crippen LogP contribution in [0.25, 0.3) is 0 Å². The highest BCUT2D eigenvalue weighted by atomic mass is 79.9. The van der Waals surface area contributed by atoms with Gasteiger partial charge < -0.3 is 0 Å². The molecule has 1 rings (SSSR count). The maximum absolute atomic E-state index is 11.0. The fourth-order valence-electron chi connectivity index (χ4n) is 0.852. The normalized spacial score (nSPS) is 11.5. The van der Waals surface area contributed by atoms with Gasteiger partial charge in [0.1, 0.15) is 0 Å². The molecular weight excluding hydrogens is 263 g/mol. The minimum absolute atomic E-state index is 0.170. The lowest BCUT2D eigenvalue weighted by Crippen LogP contribution is -1.95. The second-order valence-electron chi connectivity index (χ2n) is 2.18. The summed E-state index contributed by atoms with van der Waals surface area (Å²) in [4.78, 5) is 0.170. The van der Waals surface area contributed by atoms with Crippen molar-refractivity contribution in [3.8, 4) is 0 Å². The number of benzene rings is 1. The molecule has 0 radical (unpaired) electrons. The Morgan fingerprint density at radius 3 is 2.33 bits per heavy atom. The molecule has 1 aromatic rings. The van der Waals surface area contributed by atoms with Crippen molar-refractivity contribution in [2.75, 3.05) is 0 Å². The smallest absolute Gasteiger partial charge is 0.207 e. The van der Waals surface area contributed by atoms with Crippen LogP contribution in [0.1, 0.15) is 5.56 Å². The Morgan fingerprint density at radius 2 is 1.92 bits per heavy atom. The van der Waals surface area contributed by atoms with Gasteiger partial charge in [-0.15, -0.1) is 0 Å². The Labute approximate surface area is 84.1 Å². The molecule has 0 aromatic heterocycles. The van der Waals surface area contributed by atoms with Gasteiger partial charge in [-0.2, -0.15) is 0 Å². The van der Waals surface area contributed by atoms with E-state index in [-0.39, 0.29) is 4.90 Å². The molecule has 0 saturated heterocycles. The van der Waals surface area contributed by atoms with Crippen LogP contribution >= 0.6 is 26.6 Å². The molecule has 0 aliphatic carbocycles. The second-order valence-corrected chi connectivity index (χ2v) is 5.27. The predicted octanol–water partition coefficient (Wildman–Crippen LogP) is 2.51. The van der Waals surface area contributed by atoms with E-state index in [1.54, 1.807) is 18.2 Å². The van der Waals surface area contributed by atoms with Crippen molar-refractivity contribution < 1.29 is 8.42 Å². The summed E-state index contributed by atoms with van der Waals surface area (Å²) in [6.45, 7) is 0. The number of hydrogen-bond donors (Lipinski definition) is 0. The van der Waals surface area contributed by atoms with E-state index >= 15 is 0 Å². The van der Waals surface area contributed by atoms with Gasteiger partial charge in [-0.25, -0.2) is 8.42 Å². The van der Waals surface area contributed by atoms with Crippen molar-refractivity contribution in [3.63, 3.8) is 0 Å². The Balaban J connectivity index is 3.33. The van der Waals surface area contributed by atoms with E-state index in [0.717, 1.165) is 0 Å². The number of alkyl halides is 1. The van der Waals surface area contributed by atoms with Gasteiger partial charge in [-0.1, -0.05) is 34.1 Å². The van der Waals surface area contributed by atoms with Crippen LogP contribution in [0.2, 0.25) is 0 Å². The summed E-state index contributed by atoms with van der Waals surface area (Å²) in [6.07, 6.45) is 0. The van der Waals surface area contributed by atoms with Crippen molar-refractivity contribution in [3.05, 3.63) is 29.8 Å². The Morgan fingerprint density at radius 1 is 1.33 bits per heavy atom. The molecule has 0 atom stereocenters. The van der Waals surface area contributed by atoms with Crippen molar-refractivity contribution in [1.82, 2.24) is 0 Å². The molecule has 0 aliphatic heterocycles. The zero-order valence-corrected chi connectivity index (χ0v) is 9.16. The van der Waals surface area contributed by atoms with E-state index in [1.165, 1.54) is 6.07 Å². The van der Waals surface area contributed by atoms with Gasteiger partial charge in [0.15, 0.2) is 0 Å². The molecular formula is C7H6BrClO2S. The maximum atomic E-state index is 11.0. The molecule has 0 amide bonds. The molecule has 66 valence electrons. The molecule has 0 N–H and O–H groups in total. The number of hydrogen-bond acceptors (Lipinski definition) is 2. The standard InChI is InChI=1S/C7H6BrClO2S/c8-5-6-3-1-2-4-7(6)12(9,10)11/h1-4H,5H2. The predicted molar refractivity (Wildman–Crippen MR) is 52.1 cm³/mol. The summed E-state index contributed by atoms with van der Waals surface area (Å²) in [5.74, 6) is 0. The van der Waals surface area contributed by atoms with E-state index in [1.807, 2.05) is 0 Å². The van der Waals surface area contributed by atoms with Crippen LogP contribution in [0.3, 0.4) is 0 Å². The number of rotatable bonds is 2. The van der Waals surface area contributed by atoms with Gasteiger partial charge in [-0.3, -0.25) is 0 Å². The van der Waals surface area contributed by atoms with Crippen molar-refractivity contribution in [2.24, 2.45) is 0 Å². The van der Waals surface area contributed by atoms with Gasteiger partial charge in [0, 0.05) is 16.0 Å². The third-order valence-electron chi connectivity index (χ3n) is 1.38. The molecule has 0 aliphatic rings. The summed E-state index contributed by atoms with van der Waals surface area (Å²) < 4.78 is 21.9. The zero-order chi connectivity index (χ0) is 9.19. The molecule has 5 heteroatoms. The Kier molecular flexibility index (Phi) is 3.15. The van der Waals surface area contributed by atoms with E-state index in [9.17, 15) is 8.42 Å². The maximum Gasteiger partial charge on any atom is 0.261 e. The lowest BCUT2D eigenvalue weighted by Gasteiger charge is -2.01. The van der Waals surface area contributed by atoms with Crippen LogP contribution in [-0.2, 0) is 14.4 Å². The van der Waals surface area contributed by atoms with Crippen LogP contribution in [0.5, 0.6) is 0 Å². The third-order valence-corrected chi connectivity index (χ3v) is 3.41. The van der Waals surface area contributed by atoms with E-state index in [4.69, 9.17) is 10.7 Å². The van der Waals surface area contributed by atoms with Gasteiger partial charge in [-0.05, 0) is 11.6 Å².